The second-order valence-electron chi connectivity index (χ2n) is 6.38. The van der Waals surface area contributed by atoms with Crippen LogP contribution in [0.4, 0.5) is 10.5 Å². The van der Waals surface area contributed by atoms with Gasteiger partial charge in [-0.2, -0.15) is 0 Å². The Bertz CT molecular complexity index is 883. The van der Waals surface area contributed by atoms with Gasteiger partial charge in [0.15, 0.2) is 12.1 Å². The molecule has 1 amide bonds. The van der Waals surface area contributed by atoms with E-state index >= 15 is 0 Å². The molecule has 3 rings (SSSR count). The normalized spacial score (nSPS) is 15.7. The topological polar surface area (TPSA) is 127 Å². The van der Waals surface area contributed by atoms with Gasteiger partial charge < -0.3 is 25.3 Å². The van der Waals surface area contributed by atoms with Crippen LogP contribution in [0.1, 0.15) is 11.1 Å². The van der Waals surface area contributed by atoms with Crippen LogP contribution in [0.25, 0.3) is 0 Å². The van der Waals surface area contributed by atoms with Gasteiger partial charge in [-0.3, -0.25) is 15.1 Å². The molecule has 0 radical (unpaired) electrons. The number of benzene rings is 1. The molecule has 2 heterocycles. The highest BCUT2D eigenvalue weighted by molar-refractivity contribution is 7.08. The number of amides is 1. The number of rotatable bonds is 8. The van der Waals surface area contributed by atoms with E-state index in [0.29, 0.717) is 24.5 Å². The van der Waals surface area contributed by atoms with Gasteiger partial charge in [0.25, 0.3) is 0 Å². The number of carbonyl (C=O) groups excluding carboxylic acids is 2. The van der Waals surface area contributed by atoms with E-state index in [0.717, 1.165) is 11.1 Å². The smallest absolute Gasteiger partial charge is 0.414 e. The Kier molecular flexibility index (Phi) is 6.55. The number of hydrogen-bond acceptors (Lipinski definition) is 7. The third-order valence-electron chi connectivity index (χ3n) is 4.29. The summed E-state index contributed by atoms with van der Waals surface area (Å²) in [5.41, 5.74) is 7.67. The van der Waals surface area contributed by atoms with E-state index in [4.69, 9.17) is 20.6 Å². The maximum Gasteiger partial charge on any atom is 0.414 e. The molecule has 1 aliphatic heterocycles. The van der Waals surface area contributed by atoms with Crippen molar-refractivity contribution in [2.24, 2.45) is 5.73 Å². The van der Waals surface area contributed by atoms with Crippen LogP contribution >= 0.6 is 11.3 Å². The molecule has 154 valence electrons. The number of guanidine groups is 1. The first-order chi connectivity index (χ1) is 14.0. The first-order valence-corrected chi connectivity index (χ1v) is 9.80. The standard InChI is InChI=1S/C19H22N4O5S/c1-26-17(24)6-13-10-29-11-16(13)27-9-15-8-23(19(25)28-15)14-4-2-12(3-5-14)7-22-18(20)21/h2-5,10-11,15H,6-9H2,1H3,(H4,20,21,22). The van der Waals surface area contributed by atoms with Crippen molar-refractivity contribution in [3.05, 3.63) is 46.2 Å². The van der Waals surface area contributed by atoms with Gasteiger partial charge in [-0.05, 0) is 23.1 Å². The molecule has 0 aliphatic carbocycles. The number of nitrogens with one attached hydrogen (secondary N) is 2. The fourth-order valence-corrected chi connectivity index (χ4v) is 3.56. The van der Waals surface area contributed by atoms with Crippen molar-refractivity contribution in [3.8, 4) is 5.75 Å². The Morgan fingerprint density at radius 2 is 2.14 bits per heavy atom. The van der Waals surface area contributed by atoms with Gasteiger partial charge in [-0.15, -0.1) is 11.3 Å². The maximum atomic E-state index is 12.2. The summed E-state index contributed by atoms with van der Waals surface area (Å²) in [7, 11) is 1.34. The Labute approximate surface area is 171 Å². The quantitative estimate of drug-likeness (QED) is 0.339. The molecule has 1 aromatic carbocycles. The lowest BCUT2D eigenvalue weighted by atomic mass is 10.2. The van der Waals surface area contributed by atoms with Crippen LogP contribution in [0.5, 0.6) is 5.75 Å². The molecule has 1 aromatic heterocycles. The van der Waals surface area contributed by atoms with E-state index in [9.17, 15) is 9.59 Å². The molecule has 4 N–H and O–H groups in total. The highest BCUT2D eigenvalue weighted by atomic mass is 32.1. The fraction of sp³-hybridized carbons (Fsp3) is 0.316. The summed E-state index contributed by atoms with van der Waals surface area (Å²) >= 11 is 1.43. The van der Waals surface area contributed by atoms with Crippen LogP contribution in [0.3, 0.4) is 0 Å². The van der Waals surface area contributed by atoms with Crippen LogP contribution in [-0.2, 0) is 27.2 Å². The monoisotopic (exact) mass is 418 g/mol. The van der Waals surface area contributed by atoms with E-state index in [-0.39, 0.29) is 25.0 Å². The fourth-order valence-electron chi connectivity index (χ4n) is 2.79. The number of nitrogens with two attached hydrogens (primary N) is 1. The van der Waals surface area contributed by atoms with E-state index < -0.39 is 12.2 Å². The Balaban J connectivity index is 1.55. The zero-order chi connectivity index (χ0) is 20.8. The molecule has 29 heavy (non-hydrogen) atoms. The molecule has 1 unspecified atom stereocenters. The van der Waals surface area contributed by atoms with Gasteiger partial charge in [0.1, 0.15) is 12.4 Å². The van der Waals surface area contributed by atoms with Crippen LogP contribution < -0.4 is 20.7 Å². The molecule has 0 saturated carbocycles. The third-order valence-corrected chi connectivity index (χ3v) is 5.06. The lowest BCUT2D eigenvalue weighted by molar-refractivity contribution is -0.139. The predicted molar refractivity (Wildman–Crippen MR) is 108 cm³/mol. The van der Waals surface area contributed by atoms with Crippen LogP contribution in [0.15, 0.2) is 35.0 Å². The molecule has 10 heteroatoms. The number of anilines is 1. The zero-order valence-electron chi connectivity index (χ0n) is 15.8. The summed E-state index contributed by atoms with van der Waals surface area (Å²) in [6, 6.07) is 7.34. The molecule has 0 bridgehead atoms. The van der Waals surface area contributed by atoms with Crippen LogP contribution in [-0.4, -0.2) is 44.4 Å². The number of nitrogens with zero attached hydrogens (tertiary/aromatic N) is 1. The average Bonchev–Trinajstić information content (AvgIpc) is 3.31. The summed E-state index contributed by atoms with van der Waals surface area (Å²) in [5, 5.41) is 13.6. The van der Waals surface area contributed by atoms with Gasteiger partial charge in [0, 0.05) is 23.2 Å². The summed E-state index contributed by atoms with van der Waals surface area (Å²) in [6.07, 6.45) is -0.725. The van der Waals surface area contributed by atoms with E-state index in [1.807, 2.05) is 29.6 Å². The summed E-state index contributed by atoms with van der Waals surface area (Å²) in [4.78, 5) is 25.2. The lowest BCUT2D eigenvalue weighted by Crippen LogP contribution is -2.29. The molecule has 1 saturated heterocycles. The SMILES string of the molecule is COC(=O)Cc1cscc1OCC1CN(c2ccc(CNC(=N)N)cc2)C(=O)O1. The van der Waals surface area contributed by atoms with E-state index in [1.165, 1.54) is 18.4 Å². The number of cyclic esters (lactones) is 1. The second kappa shape index (κ2) is 9.28. The Morgan fingerprint density at radius 1 is 1.38 bits per heavy atom. The molecule has 0 spiro atoms. The second-order valence-corrected chi connectivity index (χ2v) is 7.12. The first-order valence-electron chi connectivity index (χ1n) is 8.86. The van der Waals surface area contributed by atoms with Gasteiger partial charge in [-0.1, -0.05) is 12.1 Å². The number of esters is 1. The molecular weight excluding hydrogens is 396 g/mol. The van der Waals surface area contributed by atoms with Crippen molar-refractivity contribution in [1.82, 2.24) is 5.32 Å². The minimum atomic E-state index is -0.437. The highest BCUT2D eigenvalue weighted by Gasteiger charge is 2.33. The minimum absolute atomic E-state index is 0.0968. The van der Waals surface area contributed by atoms with Gasteiger partial charge in [-0.25, -0.2) is 4.79 Å². The van der Waals surface area contributed by atoms with Crippen molar-refractivity contribution in [1.29, 1.82) is 5.41 Å². The van der Waals surface area contributed by atoms with Crippen molar-refractivity contribution < 1.29 is 23.8 Å². The number of ether oxygens (including phenoxy) is 3. The summed E-state index contributed by atoms with van der Waals surface area (Å²) in [5.74, 6) is 0.159. The van der Waals surface area contributed by atoms with Crippen molar-refractivity contribution in [2.45, 2.75) is 19.1 Å². The summed E-state index contributed by atoms with van der Waals surface area (Å²) in [6.45, 7) is 0.985. The molecular formula is C19H22N4O5S. The van der Waals surface area contributed by atoms with Crippen molar-refractivity contribution in [2.75, 3.05) is 25.2 Å². The average molecular weight is 418 g/mol. The van der Waals surface area contributed by atoms with Gasteiger partial charge in [0.05, 0.1) is 20.1 Å². The number of methoxy groups -OCH3 is 1. The van der Waals surface area contributed by atoms with Gasteiger partial charge in [0.2, 0.25) is 0 Å². The van der Waals surface area contributed by atoms with Crippen molar-refractivity contribution >= 4 is 35.0 Å². The number of carbonyl (C=O) groups is 2. The largest absolute Gasteiger partial charge is 0.488 e. The highest BCUT2D eigenvalue weighted by Crippen LogP contribution is 2.26. The number of thiophene rings is 1. The molecule has 1 aliphatic rings. The summed E-state index contributed by atoms with van der Waals surface area (Å²) < 4.78 is 15.8. The number of hydrogen-bond donors (Lipinski definition) is 3. The van der Waals surface area contributed by atoms with Crippen molar-refractivity contribution in [3.63, 3.8) is 0 Å². The minimum Gasteiger partial charge on any atom is -0.488 e. The Hall–Kier alpha value is -3.27. The van der Waals surface area contributed by atoms with E-state index in [1.54, 1.807) is 10.3 Å². The third kappa shape index (κ3) is 5.38. The maximum absolute atomic E-state index is 12.2. The van der Waals surface area contributed by atoms with Gasteiger partial charge >= 0.3 is 12.1 Å². The van der Waals surface area contributed by atoms with Crippen LogP contribution in [0.2, 0.25) is 0 Å². The predicted octanol–water partition coefficient (Wildman–Crippen LogP) is 1.85. The van der Waals surface area contributed by atoms with E-state index in [2.05, 4.69) is 10.1 Å². The van der Waals surface area contributed by atoms with Crippen LogP contribution in [0, 0.1) is 5.41 Å². The molecule has 2 aromatic rings. The zero-order valence-corrected chi connectivity index (χ0v) is 16.7. The lowest BCUT2D eigenvalue weighted by Gasteiger charge is -2.14. The first kappa shape index (κ1) is 20.5. The Morgan fingerprint density at radius 3 is 2.83 bits per heavy atom. The molecule has 1 fully saturated rings. The molecule has 1 atom stereocenters. The molecule has 9 nitrogen and oxygen atoms in total.